The lowest BCUT2D eigenvalue weighted by molar-refractivity contribution is 0.121. The molecule has 0 radical (unpaired) electrons. The van der Waals surface area contributed by atoms with Gasteiger partial charge < -0.3 is 25.0 Å². The maximum atomic E-state index is 9.69. The maximum absolute atomic E-state index is 9.69. The predicted molar refractivity (Wildman–Crippen MR) is 105 cm³/mol. The molecule has 136 valence electrons. The summed E-state index contributed by atoms with van der Waals surface area (Å²) in [7, 11) is 1.76. The molecule has 0 spiro atoms. The number of hydrogen-bond donors (Lipinski definition) is 2. The molecular formula is C16H33IN4O2. The minimum Gasteiger partial charge on any atom is -0.391 e. The molecule has 0 aromatic heterocycles. The zero-order valence-electron chi connectivity index (χ0n) is 14.5. The van der Waals surface area contributed by atoms with Gasteiger partial charge in [0.1, 0.15) is 0 Å². The first-order valence-corrected chi connectivity index (χ1v) is 8.65. The van der Waals surface area contributed by atoms with Crippen molar-refractivity contribution in [2.45, 2.75) is 32.3 Å². The third-order valence-corrected chi connectivity index (χ3v) is 4.62. The summed E-state index contributed by atoms with van der Waals surface area (Å²) in [4.78, 5) is 9.48. The van der Waals surface area contributed by atoms with E-state index in [9.17, 15) is 5.11 Å². The van der Waals surface area contributed by atoms with E-state index in [4.69, 9.17) is 9.73 Å². The Hall–Kier alpha value is -0.120. The molecule has 2 N–H and O–H groups in total. The van der Waals surface area contributed by atoms with Gasteiger partial charge in [0.25, 0.3) is 0 Å². The highest BCUT2D eigenvalue weighted by Gasteiger charge is 2.24. The predicted octanol–water partition coefficient (Wildman–Crippen LogP) is 0.995. The number of halogens is 1. The number of β-amino-alcohol motifs (C(OH)–C–C–N with tert-alkyl or cyclic N) is 1. The average Bonchev–Trinajstić information content (AvgIpc) is 2.97. The van der Waals surface area contributed by atoms with Gasteiger partial charge in [0.2, 0.25) is 0 Å². The second-order valence-electron chi connectivity index (χ2n) is 6.36. The molecule has 1 atom stereocenters. The van der Waals surface area contributed by atoms with Crippen molar-refractivity contribution in [3.05, 3.63) is 0 Å². The van der Waals surface area contributed by atoms with Gasteiger partial charge in [-0.15, -0.1) is 24.0 Å². The number of aliphatic hydroxyl groups is 1. The number of methoxy groups -OCH3 is 1. The molecule has 0 aliphatic carbocycles. The quantitative estimate of drug-likeness (QED) is 0.367. The molecule has 2 fully saturated rings. The minimum absolute atomic E-state index is 0. The SMILES string of the molecule is CCNC(=NCC1CCN(CCOC)CC1)N1CC[C@@H](O)C1.I. The molecule has 0 saturated carbocycles. The molecule has 2 aliphatic rings. The molecule has 2 aliphatic heterocycles. The van der Waals surface area contributed by atoms with Gasteiger partial charge >= 0.3 is 0 Å². The number of aliphatic hydroxyl groups excluding tert-OH is 1. The van der Waals surface area contributed by atoms with Crippen LogP contribution in [0.4, 0.5) is 0 Å². The van der Waals surface area contributed by atoms with Crippen LogP contribution in [0.15, 0.2) is 4.99 Å². The van der Waals surface area contributed by atoms with Crippen LogP contribution in [-0.2, 0) is 4.74 Å². The Labute approximate surface area is 157 Å². The van der Waals surface area contributed by atoms with Crippen LogP contribution in [0.25, 0.3) is 0 Å². The van der Waals surface area contributed by atoms with Crippen LogP contribution in [0.1, 0.15) is 26.2 Å². The number of nitrogens with one attached hydrogen (secondary N) is 1. The van der Waals surface area contributed by atoms with Crippen molar-refractivity contribution in [1.29, 1.82) is 0 Å². The minimum atomic E-state index is -0.201. The number of hydrogen-bond acceptors (Lipinski definition) is 4. The first-order chi connectivity index (χ1) is 10.7. The highest BCUT2D eigenvalue weighted by atomic mass is 127. The second-order valence-corrected chi connectivity index (χ2v) is 6.36. The standard InChI is InChI=1S/C16H32N4O2.HI/c1-3-17-16(20-9-6-15(21)13-20)18-12-14-4-7-19(8-5-14)10-11-22-2;/h14-15,21H,3-13H2,1-2H3,(H,17,18);1H/t15-;/m1./s1. The van der Waals surface area contributed by atoms with E-state index in [1.54, 1.807) is 7.11 Å². The van der Waals surface area contributed by atoms with Crippen molar-refractivity contribution in [2.75, 3.05) is 59.5 Å². The van der Waals surface area contributed by atoms with E-state index in [1.807, 2.05) is 0 Å². The smallest absolute Gasteiger partial charge is 0.194 e. The fourth-order valence-corrected chi connectivity index (χ4v) is 3.19. The van der Waals surface area contributed by atoms with Crippen molar-refractivity contribution in [3.63, 3.8) is 0 Å². The summed E-state index contributed by atoms with van der Waals surface area (Å²) in [6.07, 6.45) is 3.08. The van der Waals surface area contributed by atoms with Gasteiger partial charge in [0.05, 0.1) is 12.7 Å². The normalized spacial score (nSPS) is 23.9. The number of piperidine rings is 1. The Balaban J connectivity index is 0.00000264. The Kier molecular flexibility index (Phi) is 10.4. The molecular weight excluding hydrogens is 407 g/mol. The molecule has 0 aromatic carbocycles. The molecule has 0 bridgehead atoms. The fraction of sp³-hybridized carbons (Fsp3) is 0.938. The summed E-state index contributed by atoms with van der Waals surface area (Å²) < 4.78 is 5.15. The van der Waals surface area contributed by atoms with Crippen LogP contribution < -0.4 is 5.32 Å². The van der Waals surface area contributed by atoms with Crippen LogP contribution in [0.5, 0.6) is 0 Å². The highest BCUT2D eigenvalue weighted by molar-refractivity contribution is 14.0. The van der Waals surface area contributed by atoms with E-state index < -0.39 is 0 Å². The van der Waals surface area contributed by atoms with Crippen molar-refractivity contribution >= 4 is 29.9 Å². The van der Waals surface area contributed by atoms with Crippen molar-refractivity contribution < 1.29 is 9.84 Å². The van der Waals surface area contributed by atoms with Crippen molar-refractivity contribution in [1.82, 2.24) is 15.1 Å². The van der Waals surface area contributed by atoms with Gasteiger partial charge in [-0.3, -0.25) is 4.99 Å². The molecule has 2 saturated heterocycles. The van der Waals surface area contributed by atoms with Gasteiger partial charge in [-0.05, 0) is 45.2 Å². The first kappa shape index (κ1) is 20.9. The van der Waals surface area contributed by atoms with Crippen LogP contribution in [0.3, 0.4) is 0 Å². The second kappa shape index (κ2) is 11.4. The monoisotopic (exact) mass is 440 g/mol. The third-order valence-electron chi connectivity index (χ3n) is 4.62. The molecule has 0 amide bonds. The Morgan fingerprint density at radius 1 is 1.26 bits per heavy atom. The molecule has 0 unspecified atom stereocenters. The summed E-state index contributed by atoms with van der Waals surface area (Å²) in [5.74, 6) is 1.65. The zero-order valence-corrected chi connectivity index (χ0v) is 16.9. The van der Waals surface area contributed by atoms with Gasteiger partial charge in [0.15, 0.2) is 5.96 Å². The first-order valence-electron chi connectivity index (χ1n) is 8.65. The number of guanidine groups is 1. The number of aliphatic imine (C=N–C) groups is 1. The Bertz CT molecular complexity index is 349. The third kappa shape index (κ3) is 7.11. The molecule has 6 nitrogen and oxygen atoms in total. The summed E-state index contributed by atoms with van der Waals surface area (Å²) in [5, 5.41) is 13.1. The van der Waals surface area contributed by atoms with E-state index in [-0.39, 0.29) is 30.1 Å². The summed E-state index contributed by atoms with van der Waals surface area (Å²) in [6, 6.07) is 0. The van der Waals surface area contributed by atoms with E-state index >= 15 is 0 Å². The largest absolute Gasteiger partial charge is 0.391 e. The lowest BCUT2D eigenvalue weighted by Gasteiger charge is -2.31. The molecule has 2 heterocycles. The van der Waals surface area contributed by atoms with Gasteiger partial charge in [-0.1, -0.05) is 0 Å². The van der Waals surface area contributed by atoms with Crippen molar-refractivity contribution in [2.24, 2.45) is 10.9 Å². The number of likely N-dealkylation sites (tertiary alicyclic amines) is 2. The summed E-state index contributed by atoms with van der Waals surface area (Å²) in [6.45, 7) is 9.66. The number of rotatable bonds is 6. The number of nitrogens with zero attached hydrogens (tertiary/aromatic N) is 3. The maximum Gasteiger partial charge on any atom is 0.194 e. The highest BCUT2D eigenvalue weighted by Crippen LogP contribution is 2.18. The van der Waals surface area contributed by atoms with E-state index in [0.29, 0.717) is 12.5 Å². The fourth-order valence-electron chi connectivity index (χ4n) is 3.19. The average molecular weight is 440 g/mol. The van der Waals surface area contributed by atoms with Crippen LogP contribution in [0, 0.1) is 5.92 Å². The zero-order chi connectivity index (χ0) is 15.8. The molecule has 2 rings (SSSR count). The topological polar surface area (TPSA) is 60.3 Å². The lowest BCUT2D eigenvalue weighted by atomic mass is 9.97. The van der Waals surface area contributed by atoms with E-state index in [1.165, 1.54) is 12.8 Å². The molecule has 23 heavy (non-hydrogen) atoms. The van der Waals surface area contributed by atoms with E-state index in [0.717, 1.165) is 58.3 Å². The van der Waals surface area contributed by atoms with Gasteiger partial charge in [0, 0.05) is 39.8 Å². The van der Waals surface area contributed by atoms with E-state index in [2.05, 4.69) is 22.0 Å². The molecule has 7 heteroatoms. The van der Waals surface area contributed by atoms with Crippen LogP contribution in [0.2, 0.25) is 0 Å². The Morgan fingerprint density at radius 2 is 2.00 bits per heavy atom. The van der Waals surface area contributed by atoms with Crippen LogP contribution in [-0.4, -0.2) is 86.5 Å². The van der Waals surface area contributed by atoms with Crippen LogP contribution >= 0.6 is 24.0 Å². The molecule has 0 aromatic rings. The Morgan fingerprint density at radius 3 is 2.57 bits per heavy atom. The summed E-state index contributed by atoms with van der Waals surface area (Å²) >= 11 is 0. The van der Waals surface area contributed by atoms with Crippen molar-refractivity contribution in [3.8, 4) is 0 Å². The lowest BCUT2D eigenvalue weighted by Crippen LogP contribution is -2.41. The van der Waals surface area contributed by atoms with Gasteiger partial charge in [-0.25, -0.2) is 0 Å². The van der Waals surface area contributed by atoms with Gasteiger partial charge in [-0.2, -0.15) is 0 Å². The summed E-state index contributed by atoms with van der Waals surface area (Å²) in [5.41, 5.74) is 0. The number of ether oxygens (including phenoxy) is 1.